The van der Waals surface area contributed by atoms with E-state index in [0.29, 0.717) is 5.56 Å². The van der Waals surface area contributed by atoms with Gasteiger partial charge in [-0.15, -0.1) is 0 Å². The van der Waals surface area contributed by atoms with Crippen LogP contribution in [0.15, 0.2) is 71.8 Å². The van der Waals surface area contributed by atoms with Gasteiger partial charge in [0, 0.05) is 5.56 Å². The van der Waals surface area contributed by atoms with E-state index >= 15 is 0 Å². The van der Waals surface area contributed by atoms with Crippen molar-refractivity contribution < 1.29 is 4.79 Å². The number of benzene rings is 3. The molecule has 1 amide bonds. The first-order chi connectivity index (χ1) is 10.7. The van der Waals surface area contributed by atoms with Crippen LogP contribution in [0.5, 0.6) is 0 Å². The van der Waals surface area contributed by atoms with Gasteiger partial charge in [-0.2, -0.15) is 5.10 Å². The van der Waals surface area contributed by atoms with Gasteiger partial charge in [0.15, 0.2) is 0 Å². The number of amides is 1. The molecule has 0 saturated carbocycles. The summed E-state index contributed by atoms with van der Waals surface area (Å²) in [7, 11) is 0. The summed E-state index contributed by atoms with van der Waals surface area (Å²) in [6.45, 7) is 2.02. The predicted octanol–water partition coefficient (Wildman–Crippen LogP) is 3.91. The minimum atomic E-state index is -0.208. The molecule has 0 fully saturated rings. The number of carbonyl (C=O) groups is 1. The molecule has 0 spiro atoms. The molecule has 0 saturated heterocycles. The second-order valence-corrected chi connectivity index (χ2v) is 5.14. The zero-order chi connectivity index (χ0) is 15.4. The third-order valence-corrected chi connectivity index (χ3v) is 3.46. The molecular formula is C19H16N2O. The topological polar surface area (TPSA) is 41.5 Å². The van der Waals surface area contributed by atoms with Crippen molar-refractivity contribution in [1.82, 2.24) is 5.43 Å². The van der Waals surface area contributed by atoms with Gasteiger partial charge in [-0.3, -0.25) is 4.79 Å². The van der Waals surface area contributed by atoms with Crippen LogP contribution in [0.1, 0.15) is 21.5 Å². The lowest BCUT2D eigenvalue weighted by molar-refractivity contribution is 0.0957. The lowest BCUT2D eigenvalue weighted by Crippen LogP contribution is -2.17. The Labute approximate surface area is 129 Å². The molecule has 3 aromatic rings. The number of hydrogen-bond donors (Lipinski definition) is 1. The third-order valence-electron chi connectivity index (χ3n) is 3.46. The van der Waals surface area contributed by atoms with Crippen molar-refractivity contribution in [3.05, 3.63) is 83.4 Å². The highest BCUT2D eigenvalue weighted by Crippen LogP contribution is 2.18. The molecule has 0 unspecified atom stereocenters. The first-order valence-corrected chi connectivity index (χ1v) is 7.12. The van der Waals surface area contributed by atoms with Crippen LogP contribution < -0.4 is 5.43 Å². The van der Waals surface area contributed by atoms with Crippen LogP contribution in [0, 0.1) is 6.92 Å². The molecule has 0 bridgehead atoms. The maximum Gasteiger partial charge on any atom is 0.271 e. The molecule has 108 valence electrons. The Hall–Kier alpha value is -2.94. The molecule has 3 nitrogen and oxygen atoms in total. The second-order valence-electron chi connectivity index (χ2n) is 5.14. The summed E-state index contributed by atoms with van der Waals surface area (Å²) in [6.07, 6.45) is 1.65. The van der Waals surface area contributed by atoms with Crippen LogP contribution in [0.4, 0.5) is 0 Å². The molecule has 0 heterocycles. The third kappa shape index (κ3) is 3.04. The van der Waals surface area contributed by atoms with Crippen molar-refractivity contribution in [1.29, 1.82) is 0 Å². The van der Waals surface area contributed by atoms with E-state index in [-0.39, 0.29) is 5.91 Å². The minimum absolute atomic E-state index is 0.208. The van der Waals surface area contributed by atoms with E-state index in [0.717, 1.165) is 21.9 Å². The highest BCUT2D eigenvalue weighted by Gasteiger charge is 2.08. The summed E-state index contributed by atoms with van der Waals surface area (Å²) in [5, 5.41) is 6.01. The summed E-state index contributed by atoms with van der Waals surface area (Å²) in [6, 6.07) is 21.4. The number of hydrogen-bond acceptors (Lipinski definition) is 2. The first-order valence-electron chi connectivity index (χ1n) is 7.12. The standard InChI is InChI=1S/C19H16N2O/c1-14-6-4-7-15(12-14)13-20-21-19(22)18-11-5-9-16-8-2-3-10-17(16)18/h2-13H,1H3,(H,21,22). The van der Waals surface area contributed by atoms with Crippen LogP contribution >= 0.6 is 0 Å². The smallest absolute Gasteiger partial charge is 0.267 e. The fourth-order valence-electron chi connectivity index (χ4n) is 2.40. The Balaban J connectivity index is 1.79. The van der Waals surface area contributed by atoms with Crippen molar-refractivity contribution in [2.24, 2.45) is 5.10 Å². The Bertz CT molecular complexity index is 847. The van der Waals surface area contributed by atoms with Gasteiger partial charge in [0.2, 0.25) is 0 Å². The molecule has 22 heavy (non-hydrogen) atoms. The van der Waals surface area contributed by atoms with Gasteiger partial charge in [0.25, 0.3) is 5.91 Å². The molecule has 3 aromatic carbocycles. The van der Waals surface area contributed by atoms with Crippen molar-refractivity contribution in [3.63, 3.8) is 0 Å². The predicted molar refractivity (Wildman–Crippen MR) is 90.2 cm³/mol. The van der Waals surface area contributed by atoms with E-state index in [1.807, 2.05) is 67.6 Å². The lowest BCUT2D eigenvalue weighted by Gasteiger charge is -2.04. The number of nitrogens with zero attached hydrogens (tertiary/aromatic N) is 1. The normalized spacial score (nSPS) is 11.0. The maximum atomic E-state index is 12.3. The van der Waals surface area contributed by atoms with E-state index in [4.69, 9.17) is 0 Å². The number of aryl methyl sites for hydroxylation is 1. The summed E-state index contributed by atoms with van der Waals surface area (Å²) in [4.78, 5) is 12.3. The van der Waals surface area contributed by atoms with Crippen LogP contribution in [-0.2, 0) is 0 Å². The number of hydrazone groups is 1. The SMILES string of the molecule is Cc1cccc(C=NNC(=O)c2cccc3ccccc23)c1. The fraction of sp³-hybridized carbons (Fsp3) is 0.0526. The summed E-state index contributed by atoms with van der Waals surface area (Å²) in [5.41, 5.74) is 5.33. The molecule has 0 aromatic heterocycles. The molecule has 3 rings (SSSR count). The molecular weight excluding hydrogens is 272 g/mol. The van der Waals surface area contributed by atoms with Crippen molar-refractivity contribution in [2.45, 2.75) is 6.92 Å². The lowest BCUT2D eigenvalue weighted by atomic mass is 10.0. The molecule has 0 aliphatic heterocycles. The zero-order valence-corrected chi connectivity index (χ0v) is 12.3. The quantitative estimate of drug-likeness (QED) is 0.576. The molecule has 0 atom stereocenters. The van der Waals surface area contributed by atoms with Crippen LogP contribution in [0.2, 0.25) is 0 Å². The summed E-state index contributed by atoms with van der Waals surface area (Å²) in [5.74, 6) is -0.208. The number of carbonyl (C=O) groups excluding carboxylic acids is 1. The highest BCUT2D eigenvalue weighted by molar-refractivity contribution is 6.07. The van der Waals surface area contributed by atoms with E-state index in [1.165, 1.54) is 0 Å². The van der Waals surface area contributed by atoms with Gasteiger partial charge in [0.1, 0.15) is 0 Å². The molecule has 0 radical (unpaired) electrons. The summed E-state index contributed by atoms with van der Waals surface area (Å²) < 4.78 is 0. The first kappa shape index (κ1) is 14.0. The van der Waals surface area contributed by atoms with E-state index < -0.39 is 0 Å². The highest BCUT2D eigenvalue weighted by atomic mass is 16.2. The minimum Gasteiger partial charge on any atom is -0.267 e. The van der Waals surface area contributed by atoms with Crippen molar-refractivity contribution in [3.8, 4) is 0 Å². The van der Waals surface area contributed by atoms with Crippen LogP contribution in [0.3, 0.4) is 0 Å². The van der Waals surface area contributed by atoms with Gasteiger partial charge < -0.3 is 0 Å². The fourth-order valence-corrected chi connectivity index (χ4v) is 2.40. The largest absolute Gasteiger partial charge is 0.271 e. The monoisotopic (exact) mass is 288 g/mol. The van der Waals surface area contributed by atoms with Crippen LogP contribution in [-0.4, -0.2) is 12.1 Å². The number of rotatable bonds is 3. The van der Waals surface area contributed by atoms with Crippen LogP contribution in [0.25, 0.3) is 10.8 Å². The van der Waals surface area contributed by atoms with Crippen molar-refractivity contribution >= 4 is 22.9 Å². The average Bonchev–Trinajstić information content (AvgIpc) is 2.54. The van der Waals surface area contributed by atoms with Gasteiger partial charge in [-0.1, -0.05) is 66.2 Å². The Morgan fingerprint density at radius 1 is 1.00 bits per heavy atom. The number of fused-ring (bicyclic) bond motifs is 1. The van der Waals surface area contributed by atoms with Crippen molar-refractivity contribution in [2.75, 3.05) is 0 Å². The Morgan fingerprint density at radius 2 is 1.77 bits per heavy atom. The molecule has 3 heteroatoms. The number of nitrogens with one attached hydrogen (secondary N) is 1. The molecule has 0 aliphatic rings. The Morgan fingerprint density at radius 3 is 2.64 bits per heavy atom. The summed E-state index contributed by atoms with van der Waals surface area (Å²) >= 11 is 0. The van der Waals surface area contributed by atoms with Gasteiger partial charge in [-0.05, 0) is 29.3 Å². The second kappa shape index (κ2) is 6.22. The van der Waals surface area contributed by atoms with Gasteiger partial charge in [0.05, 0.1) is 6.21 Å². The zero-order valence-electron chi connectivity index (χ0n) is 12.3. The van der Waals surface area contributed by atoms with E-state index in [9.17, 15) is 4.79 Å². The maximum absolute atomic E-state index is 12.3. The van der Waals surface area contributed by atoms with Gasteiger partial charge in [-0.25, -0.2) is 5.43 Å². The molecule has 0 aliphatic carbocycles. The van der Waals surface area contributed by atoms with E-state index in [1.54, 1.807) is 12.3 Å². The molecule has 1 N–H and O–H groups in total. The Kier molecular flexibility index (Phi) is 3.97. The van der Waals surface area contributed by atoms with E-state index in [2.05, 4.69) is 10.5 Å². The average molecular weight is 288 g/mol. The van der Waals surface area contributed by atoms with Gasteiger partial charge >= 0.3 is 0 Å².